The second-order valence-corrected chi connectivity index (χ2v) is 8.45. The zero-order valence-corrected chi connectivity index (χ0v) is 13.3. The molecule has 0 aliphatic rings. The summed E-state index contributed by atoms with van der Waals surface area (Å²) in [4.78, 5) is 0. The average Bonchev–Trinajstić information content (AvgIpc) is 2.84. The quantitative estimate of drug-likeness (QED) is 0.414. The summed E-state index contributed by atoms with van der Waals surface area (Å²) < 4.78 is 4.58. The fraction of sp³-hybridized carbons (Fsp3) is 0.0769. The molecule has 0 bridgehead atoms. The number of thiophene rings is 1. The van der Waals surface area contributed by atoms with Gasteiger partial charge in [-0.1, -0.05) is 0 Å². The van der Waals surface area contributed by atoms with E-state index in [1.165, 1.54) is 20.1 Å². The van der Waals surface area contributed by atoms with Crippen molar-refractivity contribution in [2.75, 3.05) is 0 Å². The Hall–Kier alpha value is -0.0905. The number of benzene rings is 1. The van der Waals surface area contributed by atoms with E-state index >= 15 is 0 Å². The molecule has 0 saturated heterocycles. The zero-order chi connectivity index (χ0) is 11.1. The third-order valence-electron chi connectivity index (χ3n) is 2.57. The Morgan fingerprint density at radius 1 is 1.12 bits per heavy atom. The number of aryl methyl sites for hydroxylation is 1. The summed E-state index contributed by atoms with van der Waals surface area (Å²) in [6, 6.07) is 11.2. The predicted molar refractivity (Wildman–Crippen MR) is 81.7 cm³/mol. The molecule has 16 heavy (non-hydrogen) atoms. The third kappa shape index (κ3) is 1.80. The van der Waals surface area contributed by atoms with Crippen molar-refractivity contribution < 1.29 is 0 Å². The van der Waals surface area contributed by atoms with Crippen LogP contribution in [0.15, 0.2) is 35.7 Å². The fourth-order valence-corrected chi connectivity index (χ4v) is 7.30. The van der Waals surface area contributed by atoms with Crippen molar-refractivity contribution >= 4 is 57.4 Å². The van der Waals surface area contributed by atoms with Crippen LogP contribution in [0.5, 0.6) is 0 Å². The number of hydrogen-bond donors (Lipinski definition) is 0. The molecule has 0 nitrogen and oxygen atoms in total. The van der Waals surface area contributed by atoms with E-state index in [2.05, 4.69) is 65.2 Å². The number of hydrogen-bond acceptors (Lipinski definition) is 1. The predicted octanol–water partition coefficient (Wildman–Crippen LogP) is 4.54. The Bertz CT molecular complexity index is 634. The summed E-state index contributed by atoms with van der Waals surface area (Å²) >= 11 is 4.90. The third-order valence-corrected chi connectivity index (χ3v) is 8.46. The molecule has 0 aliphatic carbocycles. The van der Waals surface area contributed by atoms with E-state index in [-0.39, 0.29) is 0 Å². The van der Waals surface area contributed by atoms with Crippen LogP contribution in [-0.4, -0.2) is 14.5 Å². The molecule has 0 spiro atoms. The van der Waals surface area contributed by atoms with Crippen LogP contribution >= 0.6 is 33.9 Å². The second-order valence-electron chi connectivity index (χ2n) is 3.73. The van der Waals surface area contributed by atoms with Gasteiger partial charge < -0.3 is 0 Å². The average molecular weight is 403 g/mol. The van der Waals surface area contributed by atoms with Gasteiger partial charge >= 0.3 is 119 Å². The maximum atomic E-state index is 2.50. The van der Waals surface area contributed by atoms with Gasteiger partial charge in [0.25, 0.3) is 0 Å². The summed E-state index contributed by atoms with van der Waals surface area (Å²) in [7, 11) is 0. The number of fused-ring (bicyclic) bond motifs is 1. The van der Waals surface area contributed by atoms with E-state index in [0.717, 1.165) is 0 Å². The van der Waals surface area contributed by atoms with E-state index in [0.29, 0.717) is 14.5 Å². The van der Waals surface area contributed by atoms with Gasteiger partial charge in [-0.25, -0.2) is 0 Å². The molecule has 0 amide bonds. The Labute approximate surface area is 118 Å². The first-order chi connectivity index (χ1) is 7.75. The van der Waals surface area contributed by atoms with Crippen molar-refractivity contribution in [1.29, 1.82) is 0 Å². The van der Waals surface area contributed by atoms with Crippen molar-refractivity contribution in [2.24, 2.45) is 0 Å². The monoisotopic (exact) mass is 404 g/mol. The summed E-state index contributed by atoms with van der Waals surface area (Å²) in [5.41, 5.74) is 2.73. The van der Waals surface area contributed by atoms with Crippen LogP contribution in [0.25, 0.3) is 19.0 Å². The summed E-state index contributed by atoms with van der Waals surface area (Å²) in [6.07, 6.45) is 0. The van der Waals surface area contributed by atoms with Crippen LogP contribution in [0.3, 0.4) is 0 Å². The van der Waals surface area contributed by atoms with Crippen molar-refractivity contribution in [1.82, 2.24) is 0 Å². The first-order valence-electron chi connectivity index (χ1n) is 4.98. The van der Waals surface area contributed by atoms with Gasteiger partial charge in [0.1, 0.15) is 0 Å². The molecule has 2 heterocycles. The van der Waals surface area contributed by atoms with Crippen LogP contribution in [0, 0.1) is 10.5 Å². The van der Waals surface area contributed by atoms with E-state index in [1.54, 1.807) is 8.01 Å². The van der Waals surface area contributed by atoms with Gasteiger partial charge in [-0.2, -0.15) is 0 Å². The normalized spacial score (nSPS) is 11.1. The standard InChI is InChI=1S/C13H9ISSe/c1-8-2-4-9(5-3-8)12-11(14)10-6-7-15-13(10)16-12/h2-7H,1H3. The molecule has 80 valence electrons. The van der Waals surface area contributed by atoms with E-state index in [1.807, 2.05) is 11.3 Å². The molecule has 3 rings (SSSR count). The molecular formula is C13H9ISSe. The van der Waals surface area contributed by atoms with Gasteiger partial charge in [0.05, 0.1) is 0 Å². The van der Waals surface area contributed by atoms with Gasteiger partial charge in [-0.15, -0.1) is 0 Å². The van der Waals surface area contributed by atoms with E-state index in [4.69, 9.17) is 0 Å². The first-order valence-corrected chi connectivity index (χ1v) is 8.65. The van der Waals surface area contributed by atoms with Crippen molar-refractivity contribution in [2.45, 2.75) is 6.92 Å². The molecule has 0 radical (unpaired) electrons. The van der Waals surface area contributed by atoms with E-state index in [9.17, 15) is 0 Å². The Kier molecular flexibility index (Phi) is 2.96. The molecule has 1 aromatic carbocycles. The Morgan fingerprint density at radius 2 is 1.88 bits per heavy atom. The molecule has 0 saturated carbocycles. The second kappa shape index (κ2) is 4.30. The Balaban J connectivity index is 2.21. The van der Waals surface area contributed by atoms with Gasteiger partial charge in [-0.3, -0.25) is 0 Å². The molecule has 3 aromatic rings. The Morgan fingerprint density at radius 3 is 2.56 bits per heavy atom. The van der Waals surface area contributed by atoms with Crippen LogP contribution in [0.1, 0.15) is 5.56 Å². The SMILES string of the molecule is Cc1ccc(-c2[se]c3sccc3c2I)cc1. The topological polar surface area (TPSA) is 0 Å². The van der Waals surface area contributed by atoms with Gasteiger partial charge in [0, 0.05) is 0 Å². The molecule has 3 heteroatoms. The molecule has 2 aromatic heterocycles. The maximum absolute atomic E-state index is 2.50. The number of rotatable bonds is 1. The van der Waals surface area contributed by atoms with Crippen LogP contribution in [0.2, 0.25) is 0 Å². The van der Waals surface area contributed by atoms with Crippen molar-refractivity contribution in [3.05, 3.63) is 44.8 Å². The molecule has 0 atom stereocenters. The zero-order valence-electron chi connectivity index (χ0n) is 8.66. The van der Waals surface area contributed by atoms with Crippen LogP contribution < -0.4 is 0 Å². The molecule has 0 unspecified atom stereocenters. The van der Waals surface area contributed by atoms with E-state index < -0.39 is 0 Å². The molecule has 0 N–H and O–H groups in total. The van der Waals surface area contributed by atoms with Gasteiger partial charge in [-0.05, 0) is 0 Å². The van der Waals surface area contributed by atoms with Crippen LogP contribution in [-0.2, 0) is 0 Å². The number of halogens is 1. The molecular weight excluding hydrogens is 394 g/mol. The minimum absolute atomic E-state index is 0.509. The molecule has 0 fully saturated rings. The molecule has 0 aliphatic heterocycles. The van der Waals surface area contributed by atoms with Gasteiger partial charge in [0.2, 0.25) is 0 Å². The van der Waals surface area contributed by atoms with Crippen LogP contribution in [0.4, 0.5) is 0 Å². The fourth-order valence-electron chi connectivity index (χ4n) is 1.69. The minimum atomic E-state index is 0.509. The first kappa shape index (κ1) is 11.0. The van der Waals surface area contributed by atoms with Crippen molar-refractivity contribution in [3.63, 3.8) is 0 Å². The summed E-state index contributed by atoms with van der Waals surface area (Å²) in [6.45, 7) is 2.14. The van der Waals surface area contributed by atoms with Gasteiger partial charge in [0.15, 0.2) is 0 Å². The summed E-state index contributed by atoms with van der Waals surface area (Å²) in [5.74, 6) is 0. The van der Waals surface area contributed by atoms with Crippen molar-refractivity contribution in [3.8, 4) is 10.0 Å². The summed E-state index contributed by atoms with van der Waals surface area (Å²) in [5, 5.41) is 3.68.